The zero-order chi connectivity index (χ0) is 12.6. The molecule has 0 aromatic heterocycles. The Morgan fingerprint density at radius 3 is 2.53 bits per heavy atom. The second-order valence-electron chi connectivity index (χ2n) is 5.38. The van der Waals surface area contributed by atoms with Crippen LogP contribution in [0.3, 0.4) is 0 Å². The summed E-state index contributed by atoms with van der Waals surface area (Å²) >= 11 is 0. The molecule has 17 heavy (non-hydrogen) atoms. The first-order valence-corrected chi connectivity index (χ1v) is 7.20. The third-order valence-electron chi connectivity index (χ3n) is 3.86. The zero-order valence-electron chi connectivity index (χ0n) is 11.5. The Kier molecular flexibility index (Phi) is 6.56. The van der Waals surface area contributed by atoms with E-state index in [1.165, 1.54) is 25.7 Å². The highest BCUT2D eigenvalue weighted by atomic mass is 16.1. The molecule has 1 aliphatic rings. The van der Waals surface area contributed by atoms with Gasteiger partial charge in [-0.15, -0.1) is 0 Å². The number of nitrogens with one attached hydrogen (secondary N) is 2. The Morgan fingerprint density at radius 1 is 1.24 bits per heavy atom. The fourth-order valence-corrected chi connectivity index (χ4v) is 2.71. The minimum absolute atomic E-state index is 0.237. The maximum Gasteiger partial charge on any atom is 0.220 e. The number of rotatable bonds is 7. The number of carbonyl (C=O) groups is 1. The van der Waals surface area contributed by atoms with Gasteiger partial charge in [-0.1, -0.05) is 26.7 Å². The van der Waals surface area contributed by atoms with E-state index >= 15 is 0 Å². The lowest BCUT2D eigenvalue weighted by molar-refractivity contribution is -0.121. The van der Waals surface area contributed by atoms with Gasteiger partial charge in [-0.05, 0) is 44.2 Å². The molecule has 1 saturated heterocycles. The van der Waals surface area contributed by atoms with Crippen molar-refractivity contribution in [1.29, 1.82) is 0 Å². The van der Waals surface area contributed by atoms with Crippen molar-refractivity contribution in [2.24, 2.45) is 5.41 Å². The maximum atomic E-state index is 11.7. The lowest BCUT2D eigenvalue weighted by atomic mass is 9.75. The van der Waals surface area contributed by atoms with Gasteiger partial charge in [-0.2, -0.15) is 0 Å². The molecule has 3 heteroatoms. The zero-order valence-corrected chi connectivity index (χ0v) is 11.5. The fourth-order valence-electron chi connectivity index (χ4n) is 2.71. The minimum atomic E-state index is 0.237. The lowest BCUT2D eigenvalue weighted by Gasteiger charge is -2.37. The van der Waals surface area contributed by atoms with Gasteiger partial charge >= 0.3 is 0 Å². The molecule has 0 aromatic carbocycles. The van der Waals surface area contributed by atoms with E-state index in [-0.39, 0.29) is 5.91 Å². The molecule has 1 amide bonds. The van der Waals surface area contributed by atoms with E-state index in [4.69, 9.17) is 0 Å². The predicted molar refractivity (Wildman–Crippen MR) is 72.0 cm³/mol. The van der Waals surface area contributed by atoms with Crippen LogP contribution in [-0.4, -0.2) is 25.5 Å². The van der Waals surface area contributed by atoms with E-state index in [0.717, 1.165) is 32.5 Å². The molecule has 2 N–H and O–H groups in total. The molecule has 1 rings (SSSR count). The highest BCUT2D eigenvalue weighted by molar-refractivity contribution is 5.75. The van der Waals surface area contributed by atoms with Crippen LogP contribution in [0, 0.1) is 5.41 Å². The van der Waals surface area contributed by atoms with E-state index in [1.54, 1.807) is 0 Å². The van der Waals surface area contributed by atoms with Crippen LogP contribution in [0.25, 0.3) is 0 Å². The van der Waals surface area contributed by atoms with Gasteiger partial charge in [0.25, 0.3) is 0 Å². The molecule has 0 aromatic rings. The second-order valence-corrected chi connectivity index (χ2v) is 5.38. The Labute approximate surface area is 106 Å². The standard InChI is InChI=1S/C14H28N2O/c1-3-5-6-13(17)16-12-14(7-4-2)8-10-15-11-9-14/h15H,3-12H2,1-2H3,(H,16,17). The number of hydrogen-bond acceptors (Lipinski definition) is 2. The first-order chi connectivity index (χ1) is 8.22. The Balaban J connectivity index is 2.35. The molecular formula is C14H28N2O. The number of amides is 1. The van der Waals surface area contributed by atoms with Crippen molar-refractivity contribution in [3.63, 3.8) is 0 Å². The summed E-state index contributed by atoms with van der Waals surface area (Å²) in [5.41, 5.74) is 0.363. The van der Waals surface area contributed by atoms with Crippen LogP contribution in [0.15, 0.2) is 0 Å². The summed E-state index contributed by atoms with van der Waals surface area (Å²) in [7, 11) is 0. The van der Waals surface area contributed by atoms with Crippen molar-refractivity contribution in [3.8, 4) is 0 Å². The topological polar surface area (TPSA) is 41.1 Å². The number of carbonyl (C=O) groups excluding carboxylic acids is 1. The first-order valence-electron chi connectivity index (χ1n) is 7.20. The van der Waals surface area contributed by atoms with Crippen LogP contribution in [0.4, 0.5) is 0 Å². The van der Waals surface area contributed by atoms with Gasteiger partial charge in [0.05, 0.1) is 0 Å². The maximum absolute atomic E-state index is 11.7. The molecule has 0 bridgehead atoms. The molecule has 3 nitrogen and oxygen atoms in total. The molecule has 100 valence electrons. The van der Waals surface area contributed by atoms with Gasteiger partial charge in [-0.25, -0.2) is 0 Å². The lowest BCUT2D eigenvalue weighted by Crippen LogP contribution is -2.44. The van der Waals surface area contributed by atoms with E-state index in [2.05, 4.69) is 24.5 Å². The monoisotopic (exact) mass is 240 g/mol. The Hall–Kier alpha value is -0.570. The highest BCUT2D eigenvalue weighted by Crippen LogP contribution is 2.33. The Bertz CT molecular complexity index is 217. The molecule has 0 saturated carbocycles. The van der Waals surface area contributed by atoms with E-state index in [0.29, 0.717) is 11.8 Å². The van der Waals surface area contributed by atoms with Crippen LogP contribution >= 0.6 is 0 Å². The SMILES string of the molecule is CCCCC(=O)NCC1(CCC)CCNCC1. The molecule has 1 fully saturated rings. The first kappa shape index (κ1) is 14.5. The minimum Gasteiger partial charge on any atom is -0.356 e. The van der Waals surface area contributed by atoms with E-state index in [1.807, 2.05) is 0 Å². The third-order valence-corrected chi connectivity index (χ3v) is 3.86. The predicted octanol–water partition coefficient (Wildman–Crippen LogP) is 2.46. The smallest absolute Gasteiger partial charge is 0.220 e. The van der Waals surface area contributed by atoms with Crippen LogP contribution < -0.4 is 10.6 Å². The van der Waals surface area contributed by atoms with E-state index in [9.17, 15) is 4.79 Å². The molecule has 1 heterocycles. The number of piperidine rings is 1. The summed E-state index contributed by atoms with van der Waals surface area (Å²) in [6.45, 7) is 7.45. The summed E-state index contributed by atoms with van der Waals surface area (Å²) in [4.78, 5) is 11.7. The fraction of sp³-hybridized carbons (Fsp3) is 0.929. The number of hydrogen-bond donors (Lipinski definition) is 2. The van der Waals surface area contributed by atoms with Gasteiger partial charge in [-0.3, -0.25) is 4.79 Å². The van der Waals surface area contributed by atoms with Gasteiger partial charge < -0.3 is 10.6 Å². The van der Waals surface area contributed by atoms with Crippen molar-refractivity contribution < 1.29 is 4.79 Å². The van der Waals surface area contributed by atoms with E-state index < -0.39 is 0 Å². The van der Waals surface area contributed by atoms with Crippen molar-refractivity contribution in [1.82, 2.24) is 10.6 Å². The van der Waals surface area contributed by atoms with Crippen LogP contribution in [0.1, 0.15) is 58.8 Å². The van der Waals surface area contributed by atoms with Crippen molar-refractivity contribution in [2.45, 2.75) is 58.8 Å². The molecular weight excluding hydrogens is 212 g/mol. The quantitative estimate of drug-likeness (QED) is 0.718. The average Bonchev–Trinajstić information content (AvgIpc) is 2.35. The van der Waals surface area contributed by atoms with Crippen molar-refractivity contribution in [3.05, 3.63) is 0 Å². The summed E-state index contributed by atoms with van der Waals surface area (Å²) in [6.07, 6.45) is 7.65. The molecule has 0 spiro atoms. The summed E-state index contributed by atoms with van der Waals surface area (Å²) in [5.74, 6) is 0.237. The highest BCUT2D eigenvalue weighted by Gasteiger charge is 2.31. The molecule has 0 aliphatic carbocycles. The summed E-state index contributed by atoms with van der Waals surface area (Å²) in [5, 5.41) is 6.55. The van der Waals surface area contributed by atoms with Crippen molar-refractivity contribution in [2.75, 3.05) is 19.6 Å². The molecule has 1 aliphatic heterocycles. The van der Waals surface area contributed by atoms with Crippen LogP contribution in [0.5, 0.6) is 0 Å². The Morgan fingerprint density at radius 2 is 1.94 bits per heavy atom. The van der Waals surface area contributed by atoms with Gasteiger partial charge in [0.2, 0.25) is 5.91 Å². The van der Waals surface area contributed by atoms with Crippen LogP contribution in [-0.2, 0) is 4.79 Å². The molecule has 0 radical (unpaired) electrons. The third kappa shape index (κ3) is 5.07. The largest absolute Gasteiger partial charge is 0.356 e. The number of unbranched alkanes of at least 4 members (excludes halogenated alkanes) is 1. The summed E-state index contributed by atoms with van der Waals surface area (Å²) < 4.78 is 0. The van der Waals surface area contributed by atoms with Gasteiger partial charge in [0.1, 0.15) is 0 Å². The summed E-state index contributed by atoms with van der Waals surface area (Å²) in [6, 6.07) is 0. The second kappa shape index (κ2) is 7.70. The van der Waals surface area contributed by atoms with Crippen LogP contribution in [0.2, 0.25) is 0 Å². The normalized spacial score (nSPS) is 18.9. The molecule has 0 atom stereocenters. The van der Waals surface area contributed by atoms with Crippen molar-refractivity contribution >= 4 is 5.91 Å². The molecule has 0 unspecified atom stereocenters. The van der Waals surface area contributed by atoms with Gasteiger partial charge in [0, 0.05) is 13.0 Å². The van der Waals surface area contributed by atoms with Gasteiger partial charge in [0.15, 0.2) is 0 Å². The average molecular weight is 240 g/mol.